The van der Waals surface area contributed by atoms with Gasteiger partial charge in [-0.25, -0.2) is 4.68 Å². The molecule has 2 aromatic rings. The van der Waals surface area contributed by atoms with E-state index in [0.717, 1.165) is 38.4 Å². The van der Waals surface area contributed by atoms with Crippen LogP contribution in [-0.2, 0) is 0 Å². The van der Waals surface area contributed by atoms with Crippen LogP contribution in [0.2, 0.25) is 0 Å². The lowest BCUT2D eigenvalue weighted by Crippen LogP contribution is -2.46. The zero-order chi connectivity index (χ0) is 15.2. The first-order chi connectivity index (χ1) is 10.8. The standard InChI is InChI=1S/C15H20N6O/c22-15(17-8-11-20-9-6-16-7-10-20)14-12-21(19-18-14)13-4-2-1-3-5-13/h1-5,12,16H,6-11H2,(H,17,22). The molecular formula is C15H20N6O. The molecule has 0 unspecified atom stereocenters. The maximum absolute atomic E-state index is 12.1. The molecule has 1 aromatic heterocycles. The second kappa shape index (κ2) is 7.15. The highest BCUT2D eigenvalue weighted by Crippen LogP contribution is 2.05. The minimum Gasteiger partial charge on any atom is -0.349 e. The Morgan fingerprint density at radius 3 is 2.77 bits per heavy atom. The number of hydrogen-bond donors (Lipinski definition) is 2. The van der Waals surface area contributed by atoms with Gasteiger partial charge in [0.1, 0.15) is 0 Å². The van der Waals surface area contributed by atoms with Gasteiger partial charge in [-0.2, -0.15) is 0 Å². The fraction of sp³-hybridized carbons (Fsp3) is 0.400. The Labute approximate surface area is 129 Å². The zero-order valence-electron chi connectivity index (χ0n) is 12.4. The number of rotatable bonds is 5. The maximum atomic E-state index is 12.1. The van der Waals surface area contributed by atoms with Gasteiger partial charge in [-0.1, -0.05) is 23.4 Å². The molecule has 3 rings (SSSR count). The monoisotopic (exact) mass is 300 g/mol. The molecule has 1 aromatic carbocycles. The number of nitrogens with zero attached hydrogens (tertiary/aromatic N) is 4. The molecule has 22 heavy (non-hydrogen) atoms. The van der Waals surface area contributed by atoms with E-state index in [9.17, 15) is 4.79 Å². The van der Waals surface area contributed by atoms with Crippen LogP contribution in [0.1, 0.15) is 10.5 Å². The van der Waals surface area contributed by atoms with Crippen molar-refractivity contribution in [2.45, 2.75) is 0 Å². The Morgan fingerprint density at radius 1 is 1.23 bits per heavy atom. The van der Waals surface area contributed by atoms with Crippen LogP contribution in [0.4, 0.5) is 0 Å². The van der Waals surface area contributed by atoms with E-state index >= 15 is 0 Å². The van der Waals surface area contributed by atoms with E-state index in [4.69, 9.17) is 0 Å². The Kier molecular flexibility index (Phi) is 4.77. The molecule has 1 aliphatic rings. The predicted octanol–water partition coefficient (Wildman–Crippen LogP) is -0.0977. The predicted molar refractivity (Wildman–Crippen MR) is 83.0 cm³/mol. The van der Waals surface area contributed by atoms with Gasteiger partial charge in [0.15, 0.2) is 5.69 Å². The number of carbonyl (C=O) groups is 1. The summed E-state index contributed by atoms with van der Waals surface area (Å²) >= 11 is 0. The van der Waals surface area contributed by atoms with E-state index in [-0.39, 0.29) is 5.91 Å². The number of benzene rings is 1. The molecular weight excluding hydrogens is 280 g/mol. The van der Waals surface area contributed by atoms with Crippen molar-refractivity contribution in [1.29, 1.82) is 0 Å². The summed E-state index contributed by atoms with van der Waals surface area (Å²) < 4.78 is 1.60. The van der Waals surface area contributed by atoms with Crippen molar-refractivity contribution in [2.24, 2.45) is 0 Å². The van der Waals surface area contributed by atoms with Crippen LogP contribution in [0.15, 0.2) is 36.5 Å². The molecule has 1 fully saturated rings. The third kappa shape index (κ3) is 3.69. The summed E-state index contributed by atoms with van der Waals surface area (Å²) in [5.41, 5.74) is 1.22. The van der Waals surface area contributed by atoms with E-state index in [1.165, 1.54) is 0 Å². The van der Waals surface area contributed by atoms with Crippen molar-refractivity contribution in [3.05, 3.63) is 42.2 Å². The largest absolute Gasteiger partial charge is 0.349 e. The highest BCUT2D eigenvalue weighted by molar-refractivity contribution is 5.91. The number of nitrogens with one attached hydrogen (secondary N) is 2. The summed E-state index contributed by atoms with van der Waals surface area (Å²) in [6.07, 6.45) is 1.65. The van der Waals surface area contributed by atoms with E-state index < -0.39 is 0 Å². The smallest absolute Gasteiger partial charge is 0.273 e. The molecule has 0 saturated carbocycles. The lowest BCUT2D eigenvalue weighted by molar-refractivity contribution is 0.0942. The van der Waals surface area contributed by atoms with Crippen LogP contribution in [-0.4, -0.2) is 65.1 Å². The van der Waals surface area contributed by atoms with E-state index in [0.29, 0.717) is 12.2 Å². The molecule has 1 amide bonds. The quantitative estimate of drug-likeness (QED) is 0.807. The maximum Gasteiger partial charge on any atom is 0.273 e. The van der Waals surface area contributed by atoms with Gasteiger partial charge >= 0.3 is 0 Å². The third-order valence-electron chi connectivity index (χ3n) is 3.67. The van der Waals surface area contributed by atoms with Crippen LogP contribution < -0.4 is 10.6 Å². The molecule has 0 aliphatic carbocycles. The molecule has 7 nitrogen and oxygen atoms in total. The molecule has 2 N–H and O–H groups in total. The molecule has 7 heteroatoms. The minimum atomic E-state index is -0.183. The van der Waals surface area contributed by atoms with Crippen molar-refractivity contribution in [1.82, 2.24) is 30.5 Å². The molecule has 0 bridgehead atoms. The highest BCUT2D eigenvalue weighted by atomic mass is 16.2. The van der Waals surface area contributed by atoms with Crippen LogP contribution in [0.5, 0.6) is 0 Å². The van der Waals surface area contributed by atoms with Crippen LogP contribution >= 0.6 is 0 Å². The number of para-hydroxylation sites is 1. The van der Waals surface area contributed by atoms with Crippen molar-refractivity contribution in [3.63, 3.8) is 0 Å². The normalized spacial score (nSPS) is 15.6. The average molecular weight is 300 g/mol. The molecule has 0 spiro atoms. The van der Waals surface area contributed by atoms with Crippen molar-refractivity contribution in [3.8, 4) is 5.69 Å². The lowest BCUT2D eigenvalue weighted by atomic mass is 10.3. The first kappa shape index (κ1) is 14.7. The van der Waals surface area contributed by atoms with Gasteiger partial charge in [0.25, 0.3) is 5.91 Å². The van der Waals surface area contributed by atoms with Crippen LogP contribution in [0, 0.1) is 0 Å². The summed E-state index contributed by atoms with van der Waals surface area (Å²) in [5, 5.41) is 14.1. The fourth-order valence-corrected chi connectivity index (χ4v) is 2.43. The molecule has 2 heterocycles. The van der Waals surface area contributed by atoms with Crippen molar-refractivity contribution < 1.29 is 4.79 Å². The Hall–Kier alpha value is -2.25. The van der Waals surface area contributed by atoms with Gasteiger partial charge in [0, 0.05) is 39.3 Å². The number of carbonyl (C=O) groups excluding carboxylic acids is 1. The molecule has 0 atom stereocenters. The van der Waals surface area contributed by atoms with E-state index in [1.807, 2.05) is 30.3 Å². The molecule has 1 aliphatic heterocycles. The summed E-state index contributed by atoms with van der Waals surface area (Å²) in [4.78, 5) is 14.4. The van der Waals surface area contributed by atoms with E-state index in [1.54, 1.807) is 10.9 Å². The van der Waals surface area contributed by atoms with Gasteiger partial charge in [-0.15, -0.1) is 5.10 Å². The average Bonchev–Trinajstić information content (AvgIpc) is 3.07. The van der Waals surface area contributed by atoms with Gasteiger partial charge in [-0.05, 0) is 12.1 Å². The van der Waals surface area contributed by atoms with Crippen molar-refractivity contribution >= 4 is 5.91 Å². The Bertz CT molecular complexity index is 606. The van der Waals surface area contributed by atoms with Gasteiger partial charge in [-0.3, -0.25) is 9.69 Å². The Balaban J connectivity index is 1.51. The topological polar surface area (TPSA) is 75.1 Å². The minimum absolute atomic E-state index is 0.183. The number of hydrogen-bond acceptors (Lipinski definition) is 5. The highest BCUT2D eigenvalue weighted by Gasteiger charge is 2.13. The summed E-state index contributed by atoms with van der Waals surface area (Å²) in [7, 11) is 0. The van der Waals surface area contributed by atoms with Gasteiger partial charge in [0.05, 0.1) is 11.9 Å². The number of piperazine rings is 1. The number of amides is 1. The van der Waals surface area contributed by atoms with Gasteiger partial charge < -0.3 is 10.6 Å². The van der Waals surface area contributed by atoms with Crippen LogP contribution in [0.3, 0.4) is 0 Å². The van der Waals surface area contributed by atoms with Gasteiger partial charge in [0.2, 0.25) is 0 Å². The van der Waals surface area contributed by atoms with Crippen LogP contribution in [0.25, 0.3) is 5.69 Å². The molecule has 116 valence electrons. The second-order valence-corrected chi connectivity index (χ2v) is 5.23. The molecule has 0 radical (unpaired) electrons. The summed E-state index contributed by atoms with van der Waals surface area (Å²) in [6.45, 7) is 5.57. The fourth-order valence-electron chi connectivity index (χ4n) is 2.43. The summed E-state index contributed by atoms with van der Waals surface area (Å²) in [6, 6.07) is 9.61. The lowest BCUT2D eigenvalue weighted by Gasteiger charge is -2.26. The SMILES string of the molecule is O=C(NCCN1CCNCC1)c1cn(-c2ccccc2)nn1. The van der Waals surface area contributed by atoms with E-state index in [2.05, 4.69) is 25.8 Å². The zero-order valence-corrected chi connectivity index (χ0v) is 12.4. The third-order valence-corrected chi connectivity index (χ3v) is 3.67. The second-order valence-electron chi connectivity index (χ2n) is 5.23. The van der Waals surface area contributed by atoms with Crippen molar-refractivity contribution in [2.75, 3.05) is 39.3 Å². The first-order valence-electron chi connectivity index (χ1n) is 7.52. The number of aromatic nitrogens is 3. The summed E-state index contributed by atoms with van der Waals surface area (Å²) in [5.74, 6) is -0.183. The Morgan fingerprint density at radius 2 is 2.00 bits per heavy atom. The first-order valence-corrected chi connectivity index (χ1v) is 7.52. The molecule has 1 saturated heterocycles.